The van der Waals surface area contributed by atoms with Crippen molar-refractivity contribution in [3.8, 4) is 22.6 Å². The average molecular weight is 394 g/mol. The molecule has 3 aromatic carbocycles. The van der Waals surface area contributed by atoms with Crippen molar-refractivity contribution < 1.29 is 24.7 Å². The summed E-state index contributed by atoms with van der Waals surface area (Å²) in [7, 11) is 0. The Morgan fingerprint density at radius 1 is 1.00 bits per heavy atom. The molecule has 0 saturated heterocycles. The number of phenolic OH excluding ortho intramolecular Hbond substituents is 2. The van der Waals surface area contributed by atoms with Crippen LogP contribution in [0.1, 0.15) is 11.1 Å². The summed E-state index contributed by atoms with van der Waals surface area (Å²) in [6.07, 6.45) is -0.711. The highest BCUT2D eigenvalue weighted by atomic mass is 16.6. The number of nitro benzene ring substituents is 1. The number of ether oxygens (including phenoxy) is 1. The van der Waals surface area contributed by atoms with E-state index in [0.29, 0.717) is 16.7 Å². The van der Waals surface area contributed by atoms with Crippen molar-refractivity contribution in [2.75, 3.05) is 0 Å². The number of carbonyl (C=O) groups is 1. The summed E-state index contributed by atoms with van der Waals surface area (Å²) in [6, 6.07) is 17.6. The van der Waals surface area contributed by atoms with E-state index in [1.807, 2.05) is 30.3 Å². The highest BCUT2D eigenvalue weighted by molar-refractivity contribution is 5.73. The van der Waals surface area contributed by atoms with Gasteiger partial charge in [-0.25, -0.2) is 4.79 Å². The van der Waals surface area contributed by atoms with Gasteiger partial charge in [-0.1, -0.05) is 30.3 Å². The smallest absolute Gasteiger partial charge is 0.407 e. The first-order chi connectivity index (χ1) is 13.9. The molecule has 0 saturated carbocycles. The number of nitrogens with zero attached hydrogens (tertiary/aromatic N) is 1. The van der Waals surface area contributed by atoms with Gasteiger partial charge in [-0.2, -0.15) is 0 Å². The lowest BCUT2D eigenvalue weighted by molar-refractivity contribution is -0.384. The number of amides is 1. The Morgan fingerprint density at radius 3 is 2.34 bits per heavy atom. The summed E-state index contributed by atoms with van der Waals surface area (Å²) in [6.45, 7) is -0.0638. The molecule has 3 rings (SSSR count). The summed E-state index contributed by atoms with van der Waals surface area (Å²) >= 11 is 0. The Hall–Kier alpha value is -4.07. The van der Waals surface area contributed by atoms with E-state index >= 15 is 0 Å². The predicted molar refractivity (Wildman–Crippen MR) is 105 cm³/mol. The quantitative estimate of drug-likeness (QED) is 0.427. The fourth-order valence-electron chi connectivity index (χ4n) is 2.69. The van der Waals surface area contributed by atoms with Gasteiger partial charge in [0, 0.05) is 35.9 Å². The van der Waals surface area contributed by atoms with Crippen LogP contribution in [0, 0.1) is 10.1 Å². The topological polar surface area (TPSA) is 122 Å². The van der Waals surface area contributed by atoms with E-state index in [4.69, 9.17) is 4.74 Å². The first kappa shape index (κ1) is 19.7. The molecule has 0 heterocycles. The van der Waals surface area contributed by atoms with Crippen LogP contribution in [0.25, 0.3) is 11.1 Å². The molecule has 29 heavy (non-hydrogen) atoms. The van der Waals surface area contributed by atoms with Gasteiger partial charge in [0.1, 0.15) is 18.1 Å². The normalized spacial score (nSPS) is 10.3. The lowest BCUT2D eigenvalue weighted by Gasteiger charge is -2.12. The molecule has 0 aromatic heterocycles. The Morgan fingerprint density at radius 2 is 1.69 bits per heavy atom. The molecule has 148 valence electrons. The highest BCUT2D eigenvalue weighted by Crippen LogP contribution is 2.34. The molecule has 3 aromatic rings. The van der Waals surface area contributed by atoms with Gasteiger partial charge < -0.3 is 20.3 Å². The van der Waals surface area contributed by atoms with Crippen molar-refractivity contribution in [2.45, 2.75) is 13.2 Å². The molecule has 0 aliphatic heterocycles. The molecule has 0 spiro atoms. The predicted octanol–water partition coefficient (Wildman–Crippen LogP) is 4.10. The summed E-state index contributed by atoms with van der Waals surface area (Å²) in [5.41, 5.74) is 2.26. The minimum atomic E-state index is -0.711. The number of nitro groups is 1. The van der Waals surface area contributed by atoms with Crippen LogP contribution >= 0.6 is 0 Å². The number of alkyl carbamates (subject to hydrolysis) is 1. The minimum absolute atomic E-state index is 0.00889. The molecule has 0 atom stereocenters. The zero-order valence-corrected chi connectivity index (χ0v) is 15.2. The number of rotatable bonds is 6. The van der Waals surface area contributed by atoms with Gasteiger partial charge in [-0.05, 0) is 29.3 Å². The summed E-state index contributed by atoms with van der Waals surface area (Å²) in [4.78, 5) is 22.1. The van der Waals surface area contributed by atoms with Crippen LogP contribution in [0.5, 0.6) is 11.5 Å². The van der Waals surface area contributed by atoms with Crippen molar-refractivity contribution >= 4 is 11.8 Å². The molecule has 3 N–H and O–H groups in total. The van der Waals surface area contributed by atoms with Gasteiger partial charge in [-0.15, -0.1) is 0 Å². The molecule has 0 unspecified atom stereocenters. The van der Waals surface area contributed by atoms with E-state index < -0.39 is 11.0 Å². The van der Waals surface area contributed by atoms with Gasteiger partial charge in [0.05, 0.1) is 4.92 Å². The van der Waals surface area contributed by atoms with Gasteiger partial charge in [0.2, 0.25) is 0 Å². The molecule has 0 aliphatic rings. The lowest BCUT2D eigenvalue weighted by Crippen LogP contribution is -2.23. The molecule has 1 amide bonds. The number of phenols is 2. The molecule has 0 fully saturated rings. The number of non-ortho nitro benzene ring substituents is 1. The Labute approximate surface area is 166 Å². The van der Waals surface area contributed by atoms with E-state index in [0.717, 1.165) is 5.56 Å². The number of hydrogen-bond acceptors (Lipinski definition) is 6. The fourth-order valence-corrected chi connectivity index (χ4v) is 2.69. The number of aromatic hydroxyl groups is 2. The molecular formula is C21H18N2O6. The van der Waals surface area contributed by atoms with E-state index in [9.17, 15) is 25.1 Å². The molecule has 8 nitrogen and oxygen atoms in total. The summed E-state index contributed by atoms with van der Waals surface area (Å²) in [5, 5.41) is 33.3. The fraction of sp³-hybridized carbons (Fsp3) is 0.0952. The van der Waals surface area contributed by atoms with Gasteiger partial charge >= 0.3 is 6.09 Å². The number of carbonyl (C=O) groups excluding carboxylic acids is 1. The Bertz CT molecular complexity index is 1020. The maximum absolute atomic E-state index is 11.9. The van der Waals surface area contributed by atoms with Gasteiger partial charge in [-0.3, -0.25) is 10.1 Å². The van der Waals surface area contributed by atoms with Crippen LogP contribution in [-0.4, -0.2) is 21.2 Å². The van der Waals surface area contributed by atoms with Crippen LogP contribution in [-0.2, 0) is 17.9 Å². The van der Waals surface area contributed by atoms with E-state index in [2.05, 4.69) is 5.32 Å². The van der Waals surface area contributed by atoms with Gasteiger partial charge in [0.25, 0.3) is 5.69 Å². The third kappa shape index (κ3) is 5.01. The van der Waals surface area contributed by atoms with Gasteiger partial charge in [0.15, 0.2) is 0 Å². The van der Waals surface area contributed by atoms with Crippen LogP contribution in [0.3, 0.4) is 0 Å². The second-order valence-corrected chi connectivity index (χ2v) is 6.22. The molecular weight excluding hydrogens is 376 g/mol. The van der Waals surface area contributed by atoms with Crippen LogP contribution in [0.2, 0.25) is 0 Å². The summed E-state index contributed by atoms with van der Waals surface area (Å²) < 4.78 is 5.08. The highest BCUT2D eigenvalue weighted by Gasteiger charge is 2.12. The maximum atomic E-state index is 11.9. The minimum Gasteiger partial charge on any atom is -0.507 e. The van der Waals surface area contributed by atoms with E-state index in [1.165, 1.54) is 30.3 Å². The van der Waals surface area contributed by atoms with Crippen LogP contribution < -0.4 is 5.32 Å². The number of nitrogens with one attached hydrogen (secondary N) is 1. The number of benzene rings is 3. The van der Waals surface area contributed by atoms with Crippen molar-refractivity contribution in [2.24, 2.45) is 0 Å². The molecule has 0 radical (unpaired) electrons. The largest absolute Gasteiger partial charge is 0.507 e. The lowest BCUT2D eigenvalue weighted by atomic mass is 10.0. The van der Waals surface area contributed by atoms with E-state index in [1.54, 1.807) is 6.07 Å². The zero-order valence-electron chi connectivity index (χ0n) is 15.2. The van der Waals surface area contributed by atoms with Crippen molar-refractivity contribution in [1.82, 2.24) is 5.32 Å². The maximum Gasteiger partial charge on any atom is 0.407 e. The van der Waals surface area contributed by atoms with Crippen LogP contribution in [0.4, 0.5) is 10.5 Å². The third-order valence-corrected chi connectivity index (χ3v) is 4.22. The van der Waals surface area contributed by atoms with Crippen molar-refractivity contribution in [1.29, 1.82) is 0 Å². The second-order valence-electron chi connectivity index (χ2n) is 6.22. The Kier molecular flexibility index (Phi) is 5.94. The first-order valence-corrected chi connectivity index (χ1v) is 8.68. The van der Waals surface area contributed by atoms with E-state index in [-0.39, 0.29) is 30.3 Å². The van der Waals surface area contributed by atoms with Crippen LogP contribution in [0.15, 0.2) is 66.7 Å². The molecule has 8 heteroatoms. The van der Waals surface area contributed by atoms with Crippen molar-refractivity contribution in [3.05, 3.63) is 88.0 Å². The molecule has 0 bridgehead atoms. The summed E-state index contributed by atoms with van der Waals surface area (Å²) in [5.74, 6) is -0.226. The third-order valence-electron chi connectivity index (χ3n) is 4.22. The van der Waals surface area contributed by atoms with Crippen molar-refractivity contribution in [3.63, 3.8) is 0 Å². The SMILES string of the molecule is O=C(NCc1cc(-c2ccccc2)c(O)cc1O)OCc1ccc([N+](=O)[O-])cc1. The number of hydrogen-bond donors (Lipinski definition) is 3. The standard InChI is InChI=1S/C21H18N2O6/c24-19-11-20(25)18(15-4-2-1-3-5-15)10-16(19)12-22-21(26)29-13-14-6-8-17(9-7-14)23(27)28/h1-11,24-25H,12-13H2,(H,22,26). The monoisotopic (exact) mass is 394 g/mol. The first-order valence-electron chi connectivity index (χ1n) is 8.68. The average Bonchev–Trinajstić information content (AvgIpc) is 2.72. The Balaban J connectivity index is 1.60. The molecule has 0 aliphatic carbocycles. The zero-order chi connectivity index (χ0) is 20.8. The second kappa shape index (κ2) is 8.75.